The van der Waals surface area contributed by atoms with Crippen molar-refractivity contribution in [1.82, 2.24) is 29.0 Å². The van der Waals surface area contributed by atoms with Crippen molar-refractivity contribution >= 4 is 39.8 Å². The minimum atomic E-state index is -0.306. The summed E-state index contributed by atoms with van der Waals surface area (Å²) in [6, 6.07) is 10.3. The molecule has 0 unspecified atom stereocenters. The van der Waals surface area contributed by atoms with Crippen LogP contribution in [0.2, 0.25) is 0 Å². The molecule has 1 aliphatic rings. The molecular formula is C34H39N9O2. The molecule has 3 aromatic heterocycles. The van der Waals surface area contributed by atoms with Crippen LogP contribution >= 0.6 is 0 Å². The van der Waals surface area contributed by atoms with Crippen molar-refractivity contribution in [2.24, 2.45) is 7.05 Å². The highest BCUT2D eigenvalue weighted by atomic mass is 16.5. The van der Waals surface area contributed by atoms with Crippen molar-refractivity contribution in [3.05, 3.63) is 73.3 Å². The van der Waals surface area contributed by atoms with Crippen LogP contribution in [0.5, 0.6) is 5.75 Å². The van der Waals surface area contributed by atoms with Crippen LogP contribution in [-0.4, -0.2) is 76.2 Å². The van der Waals surface area contributed by atoms with Crippen molar-refractivity contribution in [3.8, 4) is 28.4 Å². The molecule has 0 atom stereocenters. The summed E-state index contributed by atoms with van der Waals surface area (Å²) in [5, 5.41) is 7.49. The molecule has 0 bridgehead atoms. The van der Waals surface area contributed by atoms with Crippen LogP contribution in [0.3, 0.4) is 0 Å². The van der Waals surface area contributed by atoms with Gasteiger partial charge < -0.3 is 34.3 Å². The van der Waals surface area contributed by atoms with Crippen molar-refractivity contribution in [1.29, 1.82) is 0 Å². The van der Waals surface area contributed by atoms with E-state index in [1.165, 1.54) is 17.2 Å². The zero-order valence-electron chi connectivity index (χ0n) is 26.5. The van der Waals surface area contributed by atoms with Crippen LogP contribution in [0.1, 0.15) is 12.0 Å². The number of likely N-dealkylation sites (N-methyl/N-ethyl adjacent to an activating group) is 2. The van der Waals surface area contributed by atoms with E-state index >= 15 is 0 Å². The van der Waals surface area contributed by atoms with Crippen LogP contribution in [0.15, 0.2) is 67.8 Å². The Bertz CT molecular complexity index is 1890. The number of benzene rings is 2. The molecule has 2 aromatic carbocycles. The summed E-state index contributed by atoms with van der Waals surface area (Å²) in [6.07, 6.45) is 11.1. The normalized spacial score (nSPS) is 12.4. The minimum absolute atomic E-state index is 0.306. The van der Waals surface area contributed by atoms with Gasteiger partial charge in [-0.15, -0.1) is 0 Å². The lowest BCUT2D eigenvalue weighted by molar-refractivity contribution is -0.111. The number of methoxy groups -OCH3 is 1. The largest absolute Gasteiger partial charge is 0.494 e. The van der Waals surface area contributed by atoms with E-state index in [1.807, 2.05) is 57.3 Å². The molecule has 11 nitrogen and oxygen atoms in total. The van der Waals surface area contributed by atoms with E-state index < -0.39 is 0 Å². The van der Waals surface area contributed by atoms with Crippen LogP contribution in [0.4, 0.5) is 23.0 Å². The van der Waals surface area contributed by atoms with Gasteiger partial charge in [-0.1, -0.05) is 24.8 Å². The maximum Gasteiger partial charge on any atom is 0.247 e. The highest BCUT2D eigenvalue weighted by Crippen LogP contribution is 2.41. The summed E-state index contributed by atoms with van der Waals surface area (Å²) in [6.45, 7) is 6.18. The van der Waals surface area contributed by atoms with Crippen LogP contribution < -0.4 is 20.3 Å². The molecule has 2 N–H and O–H groups in total. The number of nitrogens with zero attached hydrogens (tertiary/aromatic N) is 7. The summed E-state index contributed by atoms with van der Waals surface area (Å²) in [5.41, 5.74) is 7.30. The SMILES string of the molecule is C=CC(=O)Nc1cc(Nc2ncc(-c3nccn3C)c(-c3cn4c5c(cccc35)CCC4)n2)c(OC)cc1N(C)CCN(C)C. The topological polar surface area (TPSA) is 105 Å². The minimum Gasteiger partial charge on any atom is -0.494 e. The fourth-order valence-electron chi connectivity index (χ4n) is 5.91. The number of anilines is 4. The summed E-state index contributed by atoms with van der Waals surface area (Å²) in [7, 11) is 9.63. The zero-order chi connectivity index (χ0) is 31.7. The Labute approximate surface area is 263 Å². The van der Waals surface area contributed by atoms with E-state index in [9.17, 15) is 4.79 Å². The molecule has 1 aliphatic heterocycles. The van der Waals surface area contributed by atoms with Crippen molar-refractivity contribution in [3.63, 3.8) is 0 Å². The number of amides is 1. The number of para-hydroxylation sites is 1. The molecule has 0 spiro atoms. The van der Waals surface area contributed by atoms with E-state index in [1.54, 1.807) is 13.3 Å². The first-order chi connectivity index (χ1) is 21.8. The van der Waals surface area contributed by atoms with Gasteiger partial charge in [0.15, 0.2) is 0 Å². The lowest BCUT2D eigenvalue weighted by Gasteiger charge is -2.26. The average molecular weight is 606 g/mol. The molecule has 6 rings (SSSR count). The first-order valence-electron chi connectivity index (χ1n) is 15.0. The molecule has 0 fully saturated rings. The fraction of sp³-hybridized carbons (Fsp3) is 0.294. The van der Waals surface area contributed by atoms with Gasteiger partial charge in [-0.05, 0) is 44.6 Å². The van der Waals surface area contributed by atoms with Crippen LogP contribution in [-0.2, 0) is 24.8 Å². The molecule has 5 aromatic rings. The quantitative estimate of drug-likeness (QED) is 0.195. The van der Waals surface area contributed by atoms with Gasteiger partial charge in [0.05, 0.1) is 40.9 Å². The predicted octanol–water partition coefficient (Wildman–Crippen LogP) is 5.32. The monoisotopic (exact) mass is 605 g/mol. The zero-order valence-corrected chi connectivity index (χ0v) is 26.5. The summed E-state index contributed by atoms with van der Waals surface area (Å²) in [5.74, 6) is 1.45. The molecule has 11 heteroatoms. The lowest BCUT2D eigenvalue weighted by atomic mass is 10.0. The number of aromatic nitrogens is 5. The second-order valence-electron chi connectivity index (χ2n) is 11.6. The Morgan fingerprint density at radius 2 is 1.98 bits per heavy atom. The predicted molar refractivity (Wildman–Crippen MR) is 180 cm³/mol. The van der Waals surface area contributed by atoms with Gasteiger partial charge in [0.25, 0.3) is 0 Å². The molecule has 4 heterocycles. The van der Waals surface area contributed by atoms with Crippen LogP contribution in [0.25, 0.3) is 33.5 Å². The van der Waals surface area contributed by atoms with Gasteiger partial charge in [-0.3, -0.25) is 4.79 Å². The highest BCUT2D eigenvalue weighted by Gasteiger charge is 2.23. The first-order valence-corrected chi connectivity index (χ1v) is 15.0. The van der Waals surface area contributed by atoms with Gasteiger partial charge in [-0.2, -0.15) is 0 Å². The highest BCUT2D eigenvalue weighted by molar-refractivity contribution is 6.02. The second-order valence-corrected chi connectivity index (χ2v) is 11.6. The van der Waals surface area contributed by atoms with E-state index in [0.29, 0.717) is 23.1 Å². The summed E-state index contributed by atoms with van der Waals surface area (Å²) >= 11 is 0. The van der Waals surface area contributed by atoms with Gasteiger partial charge in [0.2, 0.25) is 11.9 Å². The second kappa shape index (κ2) is 12.4. The lowest BCUT2D eigenvalue weighted by Crippen LogP contribution is -2.29. The van der Waals surface area contributed by atoms with Crippen molar-refractivity contribution in [2.75, 3.05) is 56.9 Å². The van der Waals surface area contributed by atoms with Gasteiger partial charge in [0, 0.05) is 75.5 Å². The number of aryl methyl sites for hydroxylation is 3. The smallest absolute Gasteiger partial charge is 0.247 e. The third-order valence-electron chi connectivity index (χ3n) is 8.23. The third-order valence-corrected chi connectivity index (χ3v) is 8.23. The molecule has 1 amide bonds. The van der Waals surface area contributed by atoms with Gasteiger partial charge in [-0.25, -0.2) is 15.0 Å². The number of hydrogen-bond acceptors (Lipinski definition) is 8. The Morgan fingerprint density at radius 1 is 1.13 bits per heavy atom. The Morgan fingerprint density at radius 3 is 2.71 bits per heavy atom. The summed E-state index contributed by atoms with van der Waals surface area (Å²) < 4.78 is 10.1. The number of ether oxygens (including phenoxy) is 1. The fourth-order valence-corrected chi connectivity index (χ4v) is 5.91. The number of imidazole rings is 1. The molecule has 0 radical (unpaired) electrons. The molecule has 0 saturated heterocycles. The molecule has 0 aliphatic carbocycles. The van der Waals surface area contributed by atoms with Crippen molar-refractivity contribution in [2.45, 2.75) is 19.4 Å². The third kappa shape index (κ3) is 5.86. The van der Waals surface area contributed by atoms with Crippen molar-refractivity contribution < 1.29 is 9.53 Å². The number of carbonyl (C=O) groups is 1. The number of carbonyl (C=O) groups excluding carboxylic acids is 1. The van der Waals surface area contributed by atoms with E-state index in [4.69, 9.17) is 14.7 Å². The standard InChI is InChI=1S/C34H39N9O2/c1-7-30(44)37-26-18-27(29(45-6)19-28(26)41(4)17-16-40(2)3)38-34-36-20-24(33-35-13-15-42(33)5)31(39-34)25-21-43-14-9-11-22-10-8-12-23(25)32(22)43/h7-8,10,12-13,15,18-21H,1,9,11,14,16-17H2,2-6H3,(H,37,44)(H,36,38,39). The van der Waals surface area contributed by atoms with Gasteiger partial charge in [0.1, 0.15) is 11.6 Å². The Kier molecular flexibility index (Phi) is 8.27. The van der Waals surface area contributed by atoms with E-state index in [0.717, 1.165) is 66.2 Å². The number of nitrogens with one attached hydrogen (secondary N) is 2. The molecular weight excluding hydrogens is 566 g/mol. The molecule has 232 valence electrons. The van der Waals surface area contributed by atoms with Gasteiger partial charge >= 0.3 is 0 Å². The molecule has 0 saturated carbocycles. The average Bonchev–Trinajstić information content (AvgIpc) is 3.64. The number of hydrogen-bond donors (Lipinski definition) is 2. The Hall–Kier alpha value is -5.16. The number of rotatable bonds is 11. The maximum atomic E-state index is 12.4. The molecule has 45 heavy (non-hydrogen) atoms. The maximum absolute atomic E-state index is 12.4. The Balaban J connectivity index is 1.46. The first kappa shape index (κ1) is 29.9. The van der Waals surface area contributed by atoms with E-state index in [-0.39, 0.29) is 5.91 Å². The summed E-state index contributed by atoms with van der Waals surface area (Å²) in [4.78, 5) is 31.1. The van der Waals surface area contributed by atoms with Crippen LogP contribution in [0, 0.1) is 0 Å². The van der Waals surface area contributed by atoms with E-state index in [2.05, 4.69) is 61.0 Å².